The lowest BCUT2D eigenvalue weighted by molar-refractivity contribution is -0.384. The summed E-state index contributed by atoms with van der Waals surface area (Å²) < 4.78 is 0.477. The minimum Gasteiger partial charge on any atom is -0.298 e. The molecular weight excluding hydrogens is 394 g/mol. The van der Waals surface area contributed by atoms with E-state index in [9.17, 15) is 14.9 Å². The third kappa shape index (κ3) is 3.50. The highest BCUT2D eigenvalue weighted by molar-refractivity contribution is 9.10. The lowest BCUT2D eigenvalue weighted by atomic mass is 10.2. The fourth-order valence-electron chi connectivity index (χ4n) is 2.04. The number of nitrogens with zero attached hydrogens (tertiary/aromatic N) is 2. The van der Waals surface area contributed by atoms with Gasteiger partial charge in [0.15, 0.2) is 5.13 Å². The Balaban J connectivity index is 1.82. The molecule has 6 nitrogen and oxygen atoms in total. The van der Waals surface area contributed by atoms with E-state index in [1.54, 1.807) is 0 Å². The monoisotopic (exact) mass is 403 g/mol. The van der Waals surface area contributed by atoms with Gasteiger partial charge in [-0.2, -0.15) is 0 Å². The van der Waals surface area contributed by atoms with Crippen molar-refractivity contribution in [2.24, 2.45) is 0 Å². The molecular formula is C16H10BrN3O3S. The Morgan fingerprint density at radius 2 is 1.96 bits per heavy atom. The summed E-state index contributed by atoms with van der Waals surface area (Å²) in [4.78, 5) is 27.0. The van der Waals surface area contributed by atoms with Crippen LogP contribution < -0.4 is 5.32 Å². The standard InChI is InChI=1S/C16H10BrN3O3S/c17-13-7-6-11(20(22)23)8-12(13)15(21)19-16-18-14(9-24-16)10-4-2-1-3-5-10/h1-9H,(H,18,19,21). The molecule has 2 aromatic carbocycles. The summed E-state index contributed by atoms with van der Waals surface area (Å²) in [5, 5.41) is 15.8. The second kappa shape index (κ2) is 6.90. The molecule has 0 saturated heterocycles. The molecule has 1 amide bonds. The van der Waals surface area contributed by atoms with Crippen LogP contribution in [0.2, 0.25) is 0 Å². The van der Waals surface area contributed by atoms with Gasteiger partial charge in [0.1, 0.15) is 0 Å². The molecule has 1 heterocycles. The predicted molar refractivity (Wildman–Crippen MR) is 96.3 cm³/mol. The van der Waals surface area contributed by atoms with Crippen LogP contribution in [-0.2, 0) is 0 Å². The number of nitro benzene ring substituents is 1. The highest BCUT2D eigenvalue weighted by atomic mass is 79.9. The number of halogens is 1. The smallest absolute Gasteiger partial charge is 0.270 e. The third-order valence-electron chi connectivity index (χ3n) is 3.20. The molecule has 0 aliphatic rings. The summed E-state index contributed by atoms with van der Waals surface area (Å²) in [5.41, 5.74) is 1.74. The molecule has 0 saturated carbocycles. The molecule has 0 radical (unpaired) electrons. The maximum Gasteiger partial charge on any atom is 0.270 e. The van der Waals surface area contributed by atoms with Crippen LogP contribution in [0.1, 0.15) is 10.4 Å². The third-order valence-corrected chi connectivity index (χ3v) is 4.65. The lowest BCUT2D eigenvalue weighted by Gasteiger charge is -2.04. The van der Waals surface area contributed by atoms with Gasteiger partial charge in [-0.05, 0) is 22.0 Å². The van der Waals surface area contributed by atoms with E-state index >= 15 is 0 Å². The number of nitrogens with one attached hydrogen (secondary N) is 1. The Labute approximate surface area is 149 Å². The van der Waals surface area contributed by atoms with Crippen LogP contribution in [0.3, 0.4) is 0 Å². The summed E-state index contributed by atoms with van der Waals surface area (Å²) in [6.45, 7) is 0. The number of anilines is 1. The molecule has 0 unspecified atom stereocenters. The SMILES string of the molecule is O=C(Nc1nc(-c2ccccc2)cs1)c1cc([N+](=O)[O-])ccc1Br. The molecule has 3 aromatic rings. The molecule has 0 aliphatic carbocycles. The summed E-state index contributed by atoms with van der Waals surface area (Å²) in [6.07, 6.45) is 0. The fourth-order valence-corrected chi connectivity index (χ4v) is 3.18. The highest BCUT2D eigenvalue weighted by Crippen LogP contribution is 2.27. The second-order valence-corrected chi connectivity index (χ2v) is 6.49. The van der Waals surface area contributed by atoms with E-state index in [1.165, 1.54) is 29.5 Å². The van der Waals surface area contributed by atoms with E-state index in [4.69, 9.17) is 0 Å². The van der Waals surface area contributed by atoms with Crippen molar-refractivity contribution in [1.29, 1.82) is 0 Å². The Morgan fingerprint density at radius 1 is 1.21 bits per heavy atom. The number of non-ortho nitro benzene ring substituents is 1. The minimum absolute atomic E-state index is 0.146. The van der Waals surface area contributed by atoms with Crippen LogP contribution in [-0.4, -0.2) is 15.8 Å². The first-order valence-electron chi connectivity index (χ1n) is 6.81. The van der Waals surface area contributed by atoms with Crippen molar-refractivity contribution in [1.82, 2.24) is 4.98 Å². The fraction of sp³-hybridized carbons (Fsp3) is 0. The summed E-state index contributed by atoms with van der Waals surface area (Å²) >= 11 is 4.53. The predicted octanol–water partition coefficient (Wildman–Crippen LogP) is 4.73. The largest absolute Gasteiger partial charge is 0.298 e. The lowest BCUT2D eigenvalue weighted by Crippen LogP contribution is -2.12. The van der Waals surface area contributed by atoms with E-state index in [0.29, 0.717) is 9.60 Å². The maximum atomic E-state index is 12.4. The molecule has 0 spiro atoms. The number of carbonyl (C=O) groups is 1. The summed E-state index contributed by atoms with van der Waals surface area (Å²) in [6, 6.07) is 13.6. The molecule has 120 valence electrons. The molecule has 1 aromatic heterocycles. The zero-order valence-electron chi connectivity index (χ0n) is 12.1. The highest BCUT2D eigenvalue weighted by Gasteiger charge is 2.17. The topological polar surface area (TPSA) is 85.1 Å². The van der Waals surface area contributed by atoms with Gasteiger partial charge >= 0.3 is 0 Å². The second-order valence-electron chi connectivity index (χ2n) is 4.78. The molecule has 0 fully saturated rings. The zero-order chi connectivity index (χ0) is 17.1. The molecule has 8 heteroatoms. The molecule has 0 aliphatic heterocycles. The Kier molecular flexibility index (Phi) is 4.68. The van der Waals surface area contributed by atoms with Gasteiger partial charge < -0.3 is 0 Å². The maximum absolute atomic E-state index is 12.4. The number of aromatic nitrogens is 1. The van der Waals surface area contributed by atoms with Gasteiger partial charge in [0, 0.05) is 27.5 Å². The number of hydrogen-bond donors (Lipinski definition) is 1. The van der Waals surface area contributed by atoms with Crippen LogP contribution in [0.15, 0.2) is 58.4 Å². The number of nitro groups is 1. The Hall–Kier alpha value is -2.58. The summed E-state index contributed by atoms with van der Waals surface area (Å²) in [7, 11) is 0. The molecule has 0 atom stereocenters. The van der Waals surface area contributed by atoms with Gasteiger partial charge in [0.05, 0.1) is 16.2 Å². The number of carbonyl (C=O) groups excluding carboxylic acids is 1. The van der Waals surface area contributed by atoms with Crippen LogP contribution in [0.4, 0.5) is 10.8 Å². The molecule has 3 rings (SSSR count). The van der Waals surface area contributed by atoms with E-state index in [-0.39, 0.29) is 11.3 Å². The van der Waals surface area contributed by atoms with Crippen LogP contribution in [0, 0.1) is 10.1 Å². The first-order valence-corrected chi connectivity index (χ1v) is 8.48. The van der Waals surface area contributed by atoms with Crippen molar-refractivity contribution >= 4 is 44.0 Å². The number of hydrogen-bond acceptors (Lipinski definition) is 5. The normalized spacial score (nSPS) is 10.4. The van der Waals surface area contributed by atoms with Gasteiger partial charge in [-0.3, -0.25) is 20.2 Å². The Bertz CT molecular complexity index is 912. The number of benzene rings is 2. The van der Waals surface area contributed by atoms with Crippen molar-refractivity contribution in [3.05, 3.63) is 74.1 Å². The van der Waals surface area contributed by atoms with Crippen LogP contribution in [0.5, 0.6) is 0 Å². The summed E-state index contributed by atoms with van der Waals surface area (Å²) in [5.74, 6) is -0.459. The number of thiazole rings is 1. The minimum atomic E-state index is -0.542. The van der Waals surface area contributed by atoms with Gasteiger partial charge in [-0.25, -0.2) is 4.98 Å². The van der Waals surface area contributed by atoms with Crippen molar-refractivity contribution in [3.8, 4) is 11.3 Å². The van der Waals surface area contributed by atoms with Crippen molar-refractivity contribution in [3.63, 3.8) is 0 Å². The van der Waals surface area contributed by atoms with E-state index < -0.39 is 10.8 Å². The van der Waals surface area contributed by atoms with E-state index in [0.717, 1.165) is 11.3 Å². The van der Waals surface area contributed by atoms with Gasteiger partial charge in [-0.1, -0.05) is 30.3 Å². The van der Waals surface area contributed by atoms with Crippen LogP contribution >= 0.6 is 27.3 Å². The van der Waals surface area contributed by atoms with Crippen molar-refractivity contribution in [2.75, 3.05) is 5.32 Å². The van der Waals surface area contributed by atoms with Gasteiger partial charge in [0.2, 0.25) is 0 Å². The van der Waals surface area contributed by atoms with Crippen LogP contribution in [0.25, 0.3) is 11.3 Å². The van der Waals surface area contributed by atoms with Gasteiger partial charge in [-0.15, -0.1) is 11.3 Å². The van der Waals surface area contributed by atoms with Crippen molar-refractivity contribution in [2.45, 2.75) is 0 Å². The quantitative estimate of drug-likeness (QED) is 0.503. The van der Waals surface area contributed by atoms with E-state index in [2.05, 4.69) is 26.2 Å². The average Bonchev–Trinajstić information content (AvgIpc) is 3.04. The Morgan fingerprint density at radius 3 is 2.67 bits per heavy atom. The molecule has 1 N–H and O–H groups in total. The zero-order valence-corrected chi connectivity index (χ0v) is 14.5. The first-order chi connectivity index (χ1) is 11.5. The first kappa shape index (κ1) is 16.3. The van der Waals surface area contributed by atoms with Gasteiger partial charge in [0.25, 0.3) is 11.6 Å². The molecule has 24 heavy (non-hydrogen) atoms. The van der Waals surface area contributed by atoms with E-state index in [1.807, 2.05) is 35.7 Å². The van der Waals surface area contributed by atoms with Crippen molar-refractivity contribution < 1.29 is 9.72 Å². The molecule has 0 bridgehead atoms. The number of rotatable bonds is 4. The number of amides is 1. The average molecular weight is 404 g/mol.